The number of hydrogen-bond donors (Lipinski definition) is 1. The van der Waals surface area contributed by atoms with Gasteiger partial charge in [-0.25, -0.2) is 8.42 Å². The van der Waals surface area contributed by atoms with E-state index in [9.17, 15) is 22.0 Å². The molecule has 0 aliphatic rings. The Labute approximate surface area is 145 Å². The second kappa shape index (κ2) is 6.92. The van der Waals surface area contributed by atoms with E-state index in [1.54, 1.807) is 12.1 Å². The van der Waals surface area contributed by atoms with E-state index >= 15 is 0 Å². The predicted molar refractivity (Wildman–Crippen MR) is 92.7 cm³/mol. The van der Waals surface area contributed by atoms with Crippen molar-refractivity contribution < 1.29 is 22.0 Å². The molecule has 1 N–H and O–H groups in total. The lowest BCUT2D eigenvalue weighted by Gasteiger charge is -2.19. The van der Waals surface area contributed by atoms with Gasteiger partial charge in [0.1, 0.15) is 0 Å². The molecule has 2 rings (SSSR count). The molecule has 134 valence electrons. The summed E-state index contributed by atoms with van der Waals surface area (Å²) in [5, 5.41) is 2.68. The maximum atomic E-state index is 12.5. The first-order chi connectivity index (χ1) is 11.5. The van der Waals surface area contributed by atoms with Crippen molar-refractivity contribution in [2.75, 3.05) is 5.32 Å². The SMILES string of the molecule is CC(C)(C)c1ccc(NC(=O)c2ccc(S(=O)(=O)C(F)F)cc2)cc1. The summed E-state index contributed by atoms with van der Waals surface area (Å²) in [6, 6.07) is 11.8. The highest BCUT2D eigenvalue weighted by atomic mass is 32.2. The van der Waals surface area contributed by atoms with Gasteiger partial charge in [-0.05, 0) is 47.4 Å². The Hall–Kier alpha value is -2.28. The Morgan fingerprint density at radius 3 is 1.92 bits per heavy atom. The van der Waals surface area contributed by atoms with Gasteiger partial charge in [0.05, 0.1) is 4.90 Å². The molecule has 0 saturated heterocycles. The number of sulfone groups is 1. The highest BCUT2D eigenvalue weighted by Crippen LogP contribution is 2.24. The zero-order valence-electron chi connectivity index (χ0n) is 14.1. The van der Waals surface area contributed by atoms with Crippen molar-refractivity contribution >= 4 is 21.4 Å². The van der Waals surface area contributed by atoms with Crippen LogP contribution < -0.4 is 5.32 Å². The minimum absolute atomic E-state index is 0.00540. The van der Waals surface area contributed by atoms with Gasteiger partial charge in [0, 0.05) is 11.3 Å². The van der Waals surface area contributed by atoms with Gasteiger partial charge in [-0.2, -0.15) is 8.78 Å². The molecule has 0 radical (unpaired) electrons. The van der Waals surface area contributed by atoms with Crippen molar-refractivity contribution in [1.29, 1.82) is 0 Å². The second-order valence-corrected chi connectivity index (χ2v) is 8.53. The van der Waals surface area contributed by atoms with E-state index in [-0.39, 0.29) is 11.0 Å². The smallest absolute Gasteiger partial charge is 0.322 e. The number of hydrogen-bond acceptors (Lipinski definition) is 3. The van der Waals surface area contributed by atoms with E-state index in [0.717, 1.165) is 17.7 Å². The fraction of sp³-hybridized carbons (Fsp3) is 0.278. The molecule has 0 saturated carbocycles. The first-order valence-electron chi connectivity index (χ1n) is 7.56. The summed E-state index contributed by atoms with van der Waals surface area (Å²) in [5.41, 5.74) is 1.87. The topological polar surface area (TPSA) is 63.2 Å². The molecule has 0 aromatic heterocycles. The average molecular weight is 367 g/mol. The van der Waals surface area contributed by atoms with Crippen LogP contribution in [0, 0.1) is 0 Å². The first kappa shape index (κ1) is 19.1. The Bertz CT molecular complexity index is 853. The number of nitrogens with one attached hydrogen (secondary N) is 1. The minimum Gasteiger partial charge on any atom is -0.322 e. The number of rotatable bonds is 4. The van der Waals surface area contributed by atoms with E-state index in [4.69, 9.17) is 0 Å². The largest absolute Gasteiger partial charge is 0.341 e. The third-order valence-corrected chi connectivity index (χ3v) is 5.09. The highest BCUT2D eigenvalue weighted by Gasteiger charge is 2.26. The molecule has 0 heterocycles. The monoisotopic (exact) mass is 367 g/mol. The van der Waals surface area contributed by atoms with Crippen LogP contribution in [0.5, 0.6) is 0 Å². The molecule has 1 amide bonds. The zero-order valence-corrected chi connectivity index (χ0v) is 14.9. The molecule has 0 aliphatic carbocycles. The van der Waals surface area contributed by atoms with Gasteiger partial charge in [-0.3, -0.25) is 4.79 Å². The van der Waals surface area contributed by atoms with E-state index in [1.807, 2.05) is 12.1 Å². The summed E-state index contributed by atoms with van der Waals surface area (Å²) in [6.45, 7) is 6.24. The number of halogens is 2. The second-order valence-electron chi connectivity index (χ2n) is 6.61. The van der Waals surface area contributed by atoms with Crippen LogP contribution in [0.3, 0.4) is 0 Å². The molecule has 0 spiro atoms. The number of amides is 1. The maximum Gasteiger partial charge on any atom is 0.341 e. The first-order valence-corrected chi connectivity index (χ1v) is 9.10. The summed E-state index contributed by atoms with van der Waals surface area (Å²) in [5.74, 6) is -3.95. The Morgan fingerprint density at radius 2 is 1.48 bits per heavy atom. The molecule has 2 aromatic carbocycles. The van der Waals surface area contributed by atoms with E-state index in [1.165, 1.54) is 12.1 Å². The van der Waals surface area contributed by atoms with Crippen molar-refractivity contribution in [3.05, 3.63) is 59.7 Å². The molecule has 0 atom stereocenters. The zero-order chi connectivity index (χ0) is 18.8. The average Bonchev–Trinajstić information content (AvgIpc) is 2.54. The quantitative estimate of drug-likeness (QED) is 0.879. The van der Waals surface area contributed by atoms with Crippen LogP contribution in [-0.4, -0.2) is 20.1 Å². The third kappa shape index (κ3) is 4.42. The van der Waals surface area contributed by atoms with Crippen molar-refractivity contribution in [1.82, 2.24) is 0 Å². The van der Waals surface area contributed by atoms with E-state index in [0.29, 0.717) is 5.69 Å². The fourth-order valence-electron chi connectivity index (χ4n) is 2.16. The van der Waals surface area contributed by atoms with Crippen molar-refractivity contribution in [3.63, 3.8) is 0 Å². The van der Waals surface area contributed by atoms with Crippen LogP contribution in [-0.2, 0) is 15.3 Å². The van der Waals surface area contributed by atoms with Crippen LogP contribution in [0.4, 0.5) is 14.5 Å². The van der Waals surface area contributed by atoms with Crippen LogP contribution >= 0.6 is 0 Å². The molecule has 0 aliphatic heterocycles. The number of anilines is 1. The van der Waals surface area contributed by atoms with Gasteiger partial charge in [-0.15, -0.1) is 0 Å². The summed E-state index contributed by atoms with van der Waals surface area (Å²) < 4.78 is 47.7. The van der Waals surface area contributed by atoms with E-state index < -0.39 is 26.4 Å². The van der Waals surface area contributed by atoms with Crippen molar-refractivity contribution in [2.24, 2.45) is 0 Å². The van der Waals surface area contributed by atoms with Gasteiger partial charge >= 0.3 is 5.76 Å². The molecule has 0 unspecified atom stereocenters. The van der Waals surface area contributed by atoms with Crippen LogP contribution in [0.1, 0.15) is 36.7 Å². The van der Waals surface area contributed by atoms with Gasteiger partial charge in [0.2, 0.25) is 9.84 Å². The maximum absolute atomic E-state index is 12.5. The summed E-state index contributed by atoms with van der Waals surface area (Å²) in [7, 11) is -4.66. The van der Waals surface area contributed by atoms with Crippen molar-refractivity contribution in [3.8, 4) is 0 Å². The predicted octanol–water partition coefficient (Wildman–Crippen LogP) is 4.23. The molecule has 7 heteroatoms. The third-order valence-electron chi connectivity index (χ3n) is 3.69. The number of carbonyl (C=O) groups excluding carboxylic acids is 1. The summed E-state index contributed by atoms with van der Waals surface area (Å²) in [6.07, 6.45) is 0. The van der Waals surface area contributed by atoms with Gasteiger partial charge < -0.3 is 5.32 Å². The molecule has 2 aromatic rings. The Kier molecular flexibility index (Phi) is 5.27. The summed E-state index contributed by atoms with van der Waals surface area (Å²) >= 11 is 0. The van der Waals surface area contributed by atoms with Crippen LogP contribution in [0.25, 0.3) is 0 Å². The lowest BCUT2D eigenvalue weighted by molar-refractivity contribution is 0.102. The van der Waals surface area contributed by atoms with Crippen molar-refractivity contribution in [2.45, 2.75) is 36.8 Å². The molecule has 25 heavy (non-hydrogen) atoms. The van der Waals surface area contributed by atoms with Crippen LogP contribution in [0.15, 0.2) is 53.4 Å². The highest BCUT2D eigenvalue weighted by molar-refractivity contribution is 7.91. The van der Waals surface area contributed by atoms with Gasteiger partial charge in [0.15, 0.2) is 0 Å². The fourth-order valence-corrected chi connectivity index (χ4v) is 2.88. The number of alkyl halides is 2. The van der Waals surface area contributed by atoms with E-state index in [2.05, 4.69) is 26.1 Å². The van der Waals surface area contributed by atoms with Gasteiger partial charge in [0.25, 0.3) is 5.91 Å². The molecular formula is C18H19F2NO3S. The lowest BCUT2D eigenvalue weighted by Crippen LogP contribution is -2.14. The summed E-state index contributed by atoms with van der Waals surface area (Å²) in [4.78, 5) is 11.7. The Morgan fingerprint density at radius 1 is 0.960 bits per heavy atom. The molecular weight excluding hydrogens is 348 g/mol. The number of benzene rings is 2. The standard InChI is InChI=1S/C18H19F2NO3S/c1-18(2,3)13-6-8-14(9-7-13)21-16(22)12-4-10-15(11-5-12)25(23,24)17(19)20/h4-11,17H,1-3H3,(H,21,22). The molecule has 4 nitrogen and oxygen atoms in total. The Balaban J connectivity index is 2.14. The van der Waals surface area contributed by atoms with Crippen LogP contribution in [0.2, 0.25) is 0 Å². The normalized spacial score (nSPS) is 12.2. The molecule has 0 bridgehead atoms. The lowest BCUT2D eigenvalue weighted by atomic mass is 9.87. The molecule has 0 fully saturated rings. The number of carbonyl (C=O) groups is 1. The minimum atomic E-state index is -4.66. The van der Waals surface area contributed by atoms with Gasteiger partial charge in [-0.1, -0.05) is 32.9 Å².